The summed E-state index contributed by atoms with van der Waals surface area (Å²) in [6.07, 6.45) is -5.05. The van der Waals surface area contributed by atoms with Gasteiger partial charge in [-0.25, -0.2) is 9.18 Å². The summed E-state index contributed by atoms with van der Waals surface area (Å²) in [5.74, 6) is -3.29. The Labute approximate surface area is 153 Å². The van der Waals surface area contributed by atoms with E-state index in [4.69, 9.17) is 5.11 Å². The summed E-state index contributed by atoms with van der Waals surface area (Å²) in [7, 11) is 1.05. The number of aliphatic hydroxyl groups excluding tert-OH is 1. The van der Waals surface area contributed by atoms with Gasteiger partial charge in [-0.1, -0.05) is 0 Å². The molecule has 0 aliphatic carbocycles. The SMILES string of the molecule is COC(=O)C1=C(Nc2ccc(Br)c(F)c2C(F)(F)F)C(=O)N(CCO)C1. The third-order valence-electron chi connectivity index (χ3n) is 3.59. The number of ether oxygens (including phenoxy) is 1. The minimum Gasteiger partial charge on any atom is -0.466 e. The molecule has 2 rings (SSSR count). The van der Waals surface area contributed by atoms with Gasteiger partial charge in [-0.05, 0) is 28.1 Å². The van der Waals surface area contributed by atoms with Crippen LogP contribution in [0.15, 0.2) is 27.9 Å². The summed E-state index contributed by atoms with van der Waals surface area (Å²) >= 11 is 2.68. The monoisotopic (exact) mass is 440 g/mol. The van der Waals surface area contributed by atoms with E-state index in [0.29, 0.717) is 0 Å². The number of hydrogen-bond acceptors (Lipinski definition) is 5. The molecule has 1 aliphatic heterocycles. The second-order valence-corrected chi connectivity index (χ2v) is 6.06. The van der Waals surface area contributed by atoms with Gasteiger partial charge in [0, 0.05) is 6.54 Å². The van der Waals surface area contributed by atoms with Crippen molar-refractivity contribution < 1.29 is 37.0 Å². The number of rotatable bonds is 5. The van der Waals surface area contributed by atoms with E-state index >= 15 is 0 Å². The molecule has 0 bridgehead atoms. The predicted octanol–water partition coefficient (Wildman–Crippen LogP) is 2.28. The van der Waals surface area contributed by atoms with E-state index in [-0.39, 0.29) is 18.7 Å². The highest BCUT2D eigenvalue weighted by Crippen LogP contribution is 2.40. The second-order valence-electron chi connectivity index (χ2n) is 5.20. The van der Waals surface area contributed by atoms with Crippen molar-refractivity contribution in [1.82, 2.24) is 4.90 Å². The molecular formula is C15H13BrF4N2O4. The van der Waals surface area contributed by atoms with Gasteiger partial charge in [-0.3, -0.25) is 4.79 Å². The number of alkyl halides is 3. The number of β-amino-alcohol motifs (C(OH)–C–C–N with tert-alkyl or cyclic N) is 1. The van der Waals surface area contributed by atoms with Crippen LogP contribution in [0.1, 0.15) is 5.56 Å². The number of amides is 1. The summed E-state index contributed by atoms with van der Waals surface area (Å²) in [6.45, 7) is -0.797. The average molecular weight is 441 g/mol. The molecule has 6 nitrogen and oxygen atoms in total. The first-order valence-corrected chi connectivity index (χ1v) is 7.95. The molecule has 0 spiro atoms. The van der Waals surface area contributed by atoms with Crippen LogP contribution in [0, 0.1) is 5.82 Å². The lowest BCUT2D eigenvalue weighted by atomic mass is 10.1. The zero-order valence-electron chi connectivity index (χ0n) is 13.3. The van der Waals surface area contributed by atoms with Gasteiger partial charge in [0.1, 0.15) is 11.3 Å². The van der Waals surface area contributed by atoms with Crippen molar-refractivity contribution in [2.75, 3.05) is 32.1 Å². The topological polar surface area (TPSA) is 78.9 Å². The molecule has 1 aliphatic rings. The molecule has 0 radical (unpaired) electrons. The molecule has 0 atom stereocenters. The summed E-state index contributed by atoms with van der Waals surface area (Å²) in [5.41, 5.74) is -3.02. The highest BCUT2D eigenvalue weighted by molar-refractivity contribution is 9.10. The van der Waals surface area contributed by atoms with E-state index in [1.54, 1.807) is 0 Å². The molecular weight excluding hydrogens is 428 g/mol. The summed E-state index contributed by atoms with van der Waals surface area (Å²) in [6, 6.07) is 1.97. The molecule has 0 saturated carbocycles. The van der Waals surface area contributed by atoms with Crippen LogP contribution in [0.5, 0.6) is 0 Å². The standard InChI is InChI=1S/C15H13BrF4N2O4/c1-26-14(25)7-6-22(4-5-23)13(24)12(7)21-9-3-2-8(16)11(17)10(9)15(18,19)20/h2-3,21,23H,4-6H2,1H3. The molecule has 0 aromatic heterocycles. The van der Waals surface area contributed by atoms with Crippen LogP contribution in [0.4, 0.5) is 23.2 Å². The van der Waals surface area contributed by atoms with Crippen LogP contribution in [0.2, 0.25) is 0 Å². The smallest absolute Gasteiger partial charge is 0.421 e. The third-order valence-corrected chi connectivity index (χ3v) is 4.20. The third kappa shape index (κ3) is 3.83. The molecule has 142 valence electrons. The number of aliphatic hydroxyl groups is 1. The minimum absolute atomic E-state index is 0.134. The highest BCUT2D eigenvalue weighted by Gasteiger charge is 2.40. The highest BCUT2D eigenvalue weighted by atomic mass is 79.9. The summed E-state index contributed by atoms with van der Waals surface area (Å²) < 4.78 is 57.9. The maximum atomic E-state index is 14.0. The molecule has 1 amide bonds. The van der Waals surface area contributed by atoms with Gasteiger partial charge < -0.3 is 20.1 Å². The lowest BCUT2D eigenvalue weighted by Gasteiger charge is -2.18. The van der Waals surface area contributed by atoms with Crippen molar-refractivity contribution in [2.45, 2.75) is 6.18 Å². The Balaban J connectivity index is 2.53. The van der Waals surface area contributed by atoms with Crippen molar-refractivity contribution in [3.8, 4) is 0 Å². The van der Waals surface area contributed by atoms with E-state index in [1.807, 2.05) is 0 Å². The van der Waals surface area contributed by atoms with E-state index < -0.39 is 51.9 Å². The summed E-state index contributed by atoms with van der Waals surface area (Å²) in [5, 5.41) is 11.2. The van der Waals surface area contributed by atoms with Crippen molar-refractivity contribution in [3.05, 3.63) is 39.3 Å². The van der Waals surface area contributed by atoms with Gasteiger partial charge in [0.2, 0.25) is 0 Å². The Morgan fingerprint density at radius 3 is 2.62 bits per heavy atom. The maximum absolute atomic E-state index is 14.0. The van der Waals surface area contributed by atoms with E-state index in [0.717, 1.165) is 24.1 Å². The number of halogens is 5. The molecule has 0 unspecified atom stereocenters. The molecule has 1 aromatic rings. The maximum Gasteiger partial charge on any atom is 0.421 e. The number of nitrogens with one attached hydrogen (secondary N) is 1. The number of esters is 1. The first-order chi connectivity index (χ1) is 12.1. The van der Waals surface area contributed by atoms with E-state index in [2.05, 4.69) is 26.0 Å². The largest absolute Gasteiger partial charge is 0.466 e. The minimum atomic E-state index is -5.05. The molecule has 11 heteroatoms. The average Bonchev–Trinajstić information content (AvgIpc) is 2.86. The van der Waals surface area contributed by atoms with Gasteiger partial charge in [0.05, 0.1) is 36.0 Å². The fourth-order valence-electron chi connectivity index (χ4n) is 2.42. The number of hydrogen-bond donors (Lipinski definition) is 2. The van der Waals surface area contributed by atoms with Gasteiger partial charge in [0.15, 0.2) is 5.82 Å². The lowest BCUT2D eigenvalue weighted by molar-refractivity contribution is -0.139. The van der Waals surface area contributed by atoms with E-state index in [9.17, 15) is 27.2 Å². The second kappa shape index (κ2) is 7.62. The van der Waals surface area contributed by atoms with Gasteiger partial charge in [-0.2, -0.15) is 13.2 Å². The van der Waals surface area contributed by atoms with Crippen molar-refractivity contribution in [3.63, 3.8) is 0 Å². The van der Waals surface area contributed by atoms with Crippen molar-refractivity contribution in [1.29, 1.82) is 0 Å². The number of carbonyl (C=O) groups excluding carboxylic acids is 2. The van der Waals surface area contributed by atoms with Gasteiger partial charge in [-0.15, -0.1) is 0 Å². The molecule has 26 heavy (non-hydrogen) atoms. The van der Waals surface area contributed by atoms with Crippen LogP contribution in [-0.4, -0.2) is 48.7 Å². The Hall–Kier alpha value is -2.14. The zero-order valence-corrected chi connectivity index (χ0v) is 14.9. The molecule has 1 aromatic carbocycles. The summed E-state index contributed by atoms with van der Waals surface area (Å²) in [4.78, 5) is 25.2. The van der Waals surface area contributed by atoms with Gasteiger partial charge >= 0.3 is 12.1 Å². The lowest BCUT2D eigenvalue weighted by Crippen LogP contribution is -2.31. The van der Waals surface area contributed by atoms with Crippen LogP contribution < -0.4 is 5.32 Å². The van der Waals surface area contributed by atoms with Crippen LogP contribution in [0.25, 0.3) is 0 Å². The first-order valence-electron chi connectivity index (χ1n) is 7.15. The Morgan fingerprint density at radius 2 is 2.08 bits per heavy atom. The predicted molar refractivity (Wildman–Crippen MR) is 85.4 cm³/mol. The van der Waals surface area contributed by atoms with Crippen LogP contribution >= 0.6 is 15.9 Å². The number of methoxy groups -OCH3 is 1. The number of benzene rings is 1. The molecule has 0 saturated heterocycles. The van der Waals surface area contributed by atoms with E-state index in [1.165, 1.54) is 0 Å². The van der Waals surface area contributed by atoms with Crippen molar-refractivity contribution in [2.24, 2.45) is 0 Å². The van der Waals surface area contributed by atoms with Crippen LogP contribution in [-0.2, 0) is 20.5 Å². The quantitative estimate of drug-likeness (QED) is 0.542. The normalized spacial score (nSPS) is 14.9. The molecule has 1 heterocycles. The Bertz CT molecular complexity index is 780. The zero-order chi connectivity index (χ0) is 19.6. The van der Waals surface area contributed by atoms with Crippen LogP contribution in [0.3, 0.4) is 0 Å². The molecule has 0 fully saturated rings. The first kappa shape index (κ1) is 20.2. The number of carbonyl (C=O) groups is 2. The Kier molecular flexibility index (Phi) is 5.91. The molecule has 2 N–H and O–H groups in total. The fraction of sp³-hybridized carbons (Fsp3) is 0.333. The van der Waals surface area contributed by atoms with Crippen molar-refractivity contribution >= 4 is 33.5 Å². The van der Waals surface area contributed by atoms with Gasteiger partial charge in [0.25, 0.3) is 5.91 Å². The number of nitrogens with zero attached hydrogens (tertiary/aromatic N) is 1. The Morgan fingerprint density at radius 1 is 1.42 bits per heavy atom. The fourth-order valence-corrected chi connectivity index (χ4v) is 2.75. The number of anilines is 1.